The van der Waals surface area contributed by atoms with Gasteiger partial charge in [0.15, 0.2) is 0 Å². The van der Waals surface area contributed by atoms with Crippen molar-refractivity contribution in [1.82, 2.24) is 0 Å². The maximum absolute atomic E-state index is 13.5. The summed E-state index contributed by atoms with van der Waals surface area (Å²) in [6.07, 6.45) is 0.880. The van der Waals surface area contributed by atoms with E-state index >= 15 is 0 Å². The second-order valence-corrected chi connectivity index (χ2v) is 3.80. The quantitative estimate of drug-likeness (QED) is 0.610. The van der Waals surface area contributed by atoms with Gasteiger partial charge in [-0.3, -0.25) is 10.1 Å². The minimum Gasteiger partial charge on any atom is -0.330 e. The largest absolute Gasteiger partial charge is 0.330 e. The topological polar surface area (TPSA) is 69.2 Å². The van der Waals surface area contributed by atoms with E-state index in [1.165, 1.54) is 12.1 Å². The smallest absolute Gasteiger partial charge is 0.272 e. The Morgan fingerprint density at radius 2 is 2.33 bits per heavy atom. The number of halogens is 1. The highest BCUT2D eigenvalue weighted by Crippen LogP contribution is 2.47. The lowest BCUT2D eigenvalue weighted by Crippen LogP contribution is -2.02. The first-order valence-electron chi connectivity index (χ1n) is 4.77. The van der Waals surface area contributed by atoms with Crippen LogP contribution in [0.2, 0.25) is 0 Å². The normalized spacial score (nSPS) is 23.9. The van der Waals surface area contributed by atoms with Crippen LogP contribution in [0, 0.1) is 21.8 Å². The number of nitro benzene ring substituents is 1. The molecule has 0 radical (unpaired) electrons. The van der Waals surface area contributed by atoms with E-state index in [1.54, 1.807) is 0 Å². The SMILES string of the molecule is NCC1CC1c1ccc([N+](=O)[O-])cc1F. The van der Waals surface area contributed by atoms with Crippen LogP contribution in [0.15, 0.2) is 18.2 Å². The van der Waals surface area contributed by atoms with Gasteiger partial charge < -0.3 is 5.73 Å². The Bertz CT molecular complexity index is 408. The van der Waals surface area contributed by atoms with Crippen LogP contribution in [0.25, 0.3) is 0 Å². The van der Waals surface area contributed by atoms with Gasteiger partial charge in [-0.15, -0.1) is 0 Å². The fraction of sp³-hybridized carbons (Fsp3) is 0.400. The molecule has 2 atom stereocenters. The van der Waals surface area contributed by atoms with Crippen LogP contribution in [-0.2, 0) is 0 Å². The lowest BCUT2D eigenvalue weighted by Gasteiger charge is -2.01. The molecule has 5 heteroatoms. The molecule has 15 heavy (non-hydrogen) atoms. The summed E-state index contributed by atoms with van der Waals surface area (Å²) in [5.41, 5.74) is 5.80. The molecule has 0 amide bonds. The third-order valence-electron chi connectivity index (χ3n) is 2.82. The number of hydrogen-bond donors (Lipinski definition) is 1. The monoisotopic (exact) mass is 210 g/mol. The van der Waals surface area contributed by atoms with Gasteiger partial charge >= 0.3 is 0 Å². The van der Waals surface area contributed by atoms with E-state index in [4.69, 9.17) is 5.73 Å². The molecule has 0 aliphatic heterocycles. The summed E-state index contributed by atoms with van der Waals surface area (Å²) in [6, 6.07) is 3.80. The van der Waals surface area contributed by atoms with E-state index in [0.29, 0.717) is 18.0 Å². The Hall–Kier alpha value is -1.49. The Balaban J connectivity index is 2.24. The van der Waals surface area contributed by atoms with Gasteiger partial charge in [0.05, 0.1) is 11.0 Å². The van der Waals surface area contributed by atoms with Crippen LogP contribution in [0.1, 0.15) is 17.9 Å². The maximum Gasteiger partial charge on any atom is 0.272 e. The van der Waals surface area contributed by atoms with Gasteiger partial charge in [-0.05, 0) is 36.4 Å². The Morgan fingerprint density at radius 3 is 2.80 bits per heavy atom. The Kier molecular flexibility index (Phi) is 2.40. The maximum atomic E-state index is 13.5. The fourth-order valence-electron chi connectivity index (χ4n) is 1.82. The first kappa shape index (κ1) is 10.0. The van der Waals surface area contributed by atoms with Crippen molar-refractivity contribution in [3.63, 3.8) is 0 Å². The van der Waals surface area contributed by atoms with Crippen molar-refractivity contribution in [1.29, 1.82) is 0 Å². The van der Waals surface area contributed by atoms with Crippen LogP contribution < -0.4 is 5.73 Å². The zero-order chi connectivity index (χ0) is 11.0. The van der Waals surface area contributed by atoms with Crippen molar-refractivity contribution < 1.29 is 9.31 Å². The first-order chi connectivity index (χ1) is 7.13. The molecular formula is C10H11FN2O2. The number of hydrogen-bond acceptors (Lipinski definition) is 3. The molecular weight excluding hydrogens is 199 g/mol. The number of non-ortho nitro benzene ring substituents is 1. The van der Waals surface area contributed by atoms with Crippen molar-refractivity contribution in [2.24, 2.45) is 11.7 Å². The van der Waals surface area contributed by atoms with Gasteiger partial charge in [-0.2, -0.15) is 0 Å². The molecule has 0 heterocycles. The second-order valence-electron chi connectivity index (χ2n) is 3.80. The number of benzene rings is 1. The van der Waals surface area contributed by atoms with Crippen LogP contribution in [0.5, 0.6) is 0 Å². The van der Waals surface area contributed by atoms with Gasteiger partial charge in [0.1, 0.15) is 5.82 Å². The molecule has 4 nitrogen and oxygen atoms in total. The van der Waals surface area contributed by atoms with Crippen LogP contribution >= 0.6 is 0 Å². The van der Waals surface area contributed by atoms with E-state index in [-0.39, 0.29) is 11.6 Å². The molecule has 0 saturated heterocycles. The summed E-state index contributed by atoms with van der Waals surface area (Å²) in [7, 11) is 0. The standard InChI is InChI=1S/C10H11FN2O2/c11-10-4-7(13(14)15)1-2-8(10)9-3-6(9)5-12/h1-2,4,6,9H,3,5,12H2. The molecule has 2 unspecified atom stereocenters. The first-order valence-corrected chi connectivity index (χ1v) is 4.77. The van der Waals surface area contributed by atoms with E-state index in [0.717, 1.165) is 12.5 Å². The minimum atomic E-state index is -0.597. The van der Waals surface area contributed by atoms with Gasteiger partial charge in [-0.1, -0.05) is 0 Å². The molecule has 2 N–H and O–H groups in total. The molecule has 2 rings (SSSR count). The molecule has 80 valence electrons. The second kappa shape index (κ2) is 3.58. The third-order valence-corrected chi connectivity index (χ3v) is 2.82. The minimum absolute atomic E-state index is 0.149. The van der Waals surface area contributed by atoms with Crippen LogP contribution in [-0.4, -0.2) is 11.5 Å². The Labute approximate surface area is 86.0 Å². The summed E-state index contributed by atoms with van der Waals surface area (Å²) in [6.45, 7) is 0.543. The van der Waals surface area contributed by atoms with Crippen molar-refractivity contribution >= 4 is 5.69 Å². The van der Waals surface area contributed by atoms with E-state index < -0.39 is 10.7 Å². The third kappa shape index (κ3) is 1.83. The average Bonchev–Trinajstić information content (AvgIpc) is 2.96. The summed E-state index contributed by atoms with van der Waals surface area (Å²) >= 11 is 0. The Morgan fingerprint density at radius 1 is 1.60 bits per heavy atom. The predicted molar refractivity (Wildman–Crippen MR) is 53.0 cm³/mol. The van der Waals surface area contributed by atoms with E-state index in [2.05, 4.69) is 0 Å². The van der Waals surface area contributed by atoms with E-state index in [1.807, 2.05) is 0 Å². The highest BCUT2D eigenvalue weighted by atomic mass is 19.1. The molecule has 0 spiro atoms. The summed E-state index contributed by atoms with van der Waals surface area (Å²) in [5.74, 6) is -0.0121. The lowest BCUT2D eigenvalue weighted by molar-refractivity contribution is -0.385. The fourth-order valence-corrected chi connectivity index (χ4v) is 1.82. The average molecular weight is 210 g/mol. The lowest BCUT2D eigenvalue weighted by atomic mass is 10.1. The van der Waals surface area contributed by atoms with Gasteiger partial charge in [-0.25, -0.2) is 4.39 Å². The molecule has 1 fully saturated rings. The molecule has 1 aromatic carbocycles. The van der Waals surface area contributed by atoms with Gasteiger partial charge in [0.25, 0.3) is 5.69 Å². The number of nitro groups is 1. The van der Waals surface area contributed by atoms with Crippen molar-refractivity contribution in [2.75, 3.05) is 6.54 Å². The highest BCUT2D eigenvalue weighted by Gasteiger charge is 2.38. The van der Waals surface area contributed by atoms with Crippen molar-refractivity contribution in [3.8, 4) is 0 Å². The molecule has 0 bridgehead atoms. The van der Waals surface area contributed by atoms with Crippen molar-refractivity contribution in [2.45, 2.75) is 12.3 Å². The predicted octanol–water partition coefficient (Wildman–Crippen LogP) is 1.80. The van der Waals surface area contributed by atoms with Crippen molar-refractivity contribution in [3.05, 3.63) is 39.7 Å². The summed E-state index contributed by atoms with van der Waals surface area (Å²) in [5, 5.41) is 10.4. The molecule has 1 aromatic rings. The summed E-state index contributed by atoms with van der Waals surface area (Å²) in [4.78, 5) is 9.79. The number of nitrogens with zero attached hydrogens (tertiary/aromatic N) is 1. The summed E-state index contributed by atoms with van der Waals surface area (Å²) < 4.78 is 13.5. The van der Waals surface area contributed by atoms with Gasteiger partial charge in [0.2, 0.25) is 0 Å². The molecule has 0 aromatic heterocycles. The number of rotatable bonds is 3. The molecule has 1 aliphatic carbocycles. The zero-order valence-electron chi connectivity index (χ0n) is 8.02. The van der Waals surface area contributed by atoms with Crippen LogP contribution in [0.3, 0.4) is 0 Å². The highest BCUT2D eigenvalue weighted by molar-refractivity contribution is 5.38. The van der Waals surface area contributed by atoms with Crippen LogP contribution in [0.4, 0.5) is 10.1 Å². The zero-order valence-corrected chi connectivity index (χ0v) is 8.02. The van der Waals surface area contributed by atoms with Gasteiger partial charge in [0, 0.05) is 6.07 Å². The molecule has 1 aliphatic rings. The van der Waals surface area contributed by atoms with E-state index in [9.17, 15) is 14.5 Å². The molecule has 1 saturated carbocycles. The number of nitrogens with two attached hydrogens (primary N) is 1.